The minimum atomic E-state index is -0.239. The molecule has 0 bridgehead atoms. The summed E-state index contributed by atoms with van der Waals surface area (Å²) in [6.45, 7) is 3.82. The van der Waals surface area contributed by atoms with Crippen molar-refractivity contribution in [1.29, 1.82) is 0 Å². The molecule has 4 heteroatoms. The van der Waals surface area contributed by atoms with Crippen molar-refractivity contribution in [2.45, 2.75) is 6.04 Å². The first-order chi connectivity index (χ1) is 10.7. The highest BCUT2D eigenvalue weighted by molar-refractivity contribution is 6.11. The Labute approximate surface area is 127 Å². The molecule has 1 atom stereocenters. The molecular weight excluding hydrogens is 276 g/mol. The van der Waals surface area contributed by atoms with Crippen LogP contribution >= 0.6 is 0 Å². The van der Waals surface area contributed by atoms with E-state index in [4.69, 9.17) is 0 Å². The summed E-state index contributed by atoms with van der Waals surface area (Å²) in [5.74, 6) is 0.00324. The monoisotopic (exact) mass is 290 g/mol. The fourth-order valence-corrected chi connectivity index (χ4v) is 3.10. The number of aromatic amines is 1. The second kappa shape index (κ2) is 4.49. The van der Waals surface area contributed by atoms with Crippen LogP contribution in [0.5, 0.6) is 5.75 Å². The van der Waals surface area contributed by atoms with Crippen LogP contribution in [0.3, 0.4) is 0 Å². The van der Waals surface area contributed by atoms with Crippen LogP contribution in [0, 0.1) is 0 Å². The number of hydrogen-bond donors (Lipinski definition) is 3. The average molecular weight is 290 g/mol. The molecule has 22 heavy (non-hydrogen) atoms. The molecule has 0 aliphatic carbocycles. The predicted molar refractivity (Wildman–Crippen MR) is 85.8 cm³/mol. The Morgan fingerprint density at radius 3 is 2.82 bits per heavy atom. The summed E-state index contributed by atoms with van der Waals surface area (Å²) < 4.78 is 0. The van der Waals surface area contributed by atoms with Crippen molar-refractivity contribution >= 4 is 16.8 Å². The number of H-pyrrole nitrogens is 1. The highest BCUT2D eigenvalue weighted by Crippen LogP contribution is 2.40. The number of fused-ring (bicyclic) bond motifs is 5. The molecule has 1 aliphatic rings. The van der Waals surface area contributed by atoms with Gasteiger partial charge < -0.3 is 15.4 Å². The lowest BCUT2D eigenvalue weighted by Gasteiger charge is -2.14. The summed E-state index contributed by atoms with van der Waals surface area (Å²) in [6, 6.07) is 12.7. The van der Waals surface area contributed by atoms with E-state index in [2.05, 4.69) is 16.9 Å². The number of phenols is 1. The molecule has 1 aromatic heterocycles. The number of nitrogens with one attached hydrogen (secondary N) is 2. The number of benzene rings is 2. The Morgan fingerprint density at radius 2 is 2.00 bits per heavy atom. The maximum atomic E-state index is 12.5. The SMILES string of the molecule is C=CC1NC(=O)c2[nH]c3ccc(O)cc3c2-c2ccccc21. The second-order valence-electron chi connectivity index (χ2n) is 5.38. The number of phenolic OH excluding ortho intramolecular Hbond substituents is 1. The van der Waals surface area contributed by atoms with Gasteiger partial charge >= 0.3 is 0 Å². The van der Waals surface area contributed by atoms with Crippen LogP contribution in [0.25, 0.3) is 22.0 Å². The molecular formula is C18H14N2O2. The lowest BCUT2D eigenvalue weighted by molar-refractivity contribution is 0.0942. The lowest BCUT2D eigenvalue weighted by atomic mass is 9.94. The Hall–Kier alpha value is -3.01. The molecule has 0 radical (unpaired) electrons. The normalized spacial score (nSPS) is 16.5. The highest BCUT2D eigenvalue weighted by Gasteiger charge is 2.28. The summed E-state index contributed by atoms with van der Waals surface area (Å²) in [4.78, 5) is 15.7. The van der Waals surface area contributed by atoms with E-state index in [0.29, 0.717) is 5.69 Å². The first-order valence-electron chi connectivity index (χ1n) is 7.06. The minimum Gasteiger partial charge on any atom is -0.508 e. The molecule has 2 heterocycles. The van der Waals surface area contributed by atoms with Crippen molar-refractivity contribution in [3.05, 3.63) is 66.4 Å². The largest absolute Gasteiger partial charge is 0.508 e. The van der Waals surface area contributed by atoms with E-state index < -0.39 is 0 Å². The Morgan fingerprint density at radius 1 is 1.18 bits per heavy atom. The zero-order valence-corrected chi connectivity index (χ0v) is 11.8. The van der Waals surface area contributed by atoms with E-state index in [9.17, 15) is 9.90 Å². The number of aromatic nitrogens is 1. The molecule has 1 amide bonds. The standard InChI is InChI=1S/C18H14N2O2/c1-2-14-11-5-3-4-6-12(11)16-13-9-10(21)7-8-15(13)19-17(16)18(22)20-14/h2-9,14,19,21H,1H2,(H,20,22). The molecule has 0 saturated carbocycles. The van der Waals surface area contributed by atoms with E-state index in [1.54, 1.807) is 24.3 Å². The van der Waals surface area contributed by atoms with E-state index in [1.165, 1.54) is 0 Å². The molecule has 4 rings (SSSR count). The Balaban J connectivity index is 2.14. The van der Waals surface area contributed by atoms with E-state index in [1.807, 2.05) is 24.3 Å². The lowest BCUT2D eigenvalue weighted by Crippen LogP contribution is -2.26. The predicted octanol–water partition coefficient (Wildman–Crippen LogP) is 3.51. The third-order valence-corrected chi connectivity index (χ3v) is 4.10. The number of rotatable bonds is 1. The molecule has 0 fully saturated rings. The molecule has 1 unspecified atom stereocenters. The summed E-state index contributed by atoms with van der Waals surface area (Å²) in [6.07, 6.45) is 1.72. The number of carbonyl (C=O) groups excluding carboxylic acids is 1. The molecule has 108 valence electrons. The summed E-state index contributed by atoms with van der Waals surface area (Å²) in [5.41, 5.74) is 4.12. The number of aromatic hydroxyl groups is 1. The molecule has 3 aromatic rings. The molecule has 0 spiro atoms. The van der Waals surface area contributed by atoms with Crippen LogP contribution in [0.4, 0.5) is 0 Å². The average Bonchev–Trinajstić information content (AvgIpc) is 2.85. The number of hydrogen-bond acceptors (Lipinski definition) is 2. The Bertz CT molecular complexity index is 924. The van der Waals surface area contributed by atoms with Gasteiger partial charge in [-0.25, -0.2) is 0 Å². The van der Waals surface area contributed by atoms with Gasteiger partial charge in [-0.3, -0.25) is 4.79 Å². The van der Waals surface area contributed by atoms with Crippen molar-refractivity contribution in [3.63, 3.8) is 0 Å². The van der Waals surface area contributed by atoms with Crippen molar-refractivity contribution in [3.8, 4) is 16.9 Å². The van der Waals surface area contributed by atoms with Crippen LogP contribution in [0.1, 0.15) is 22.1 Å². The zero-order chi connectivity index (χ0) is 15.3. The van der Waals surface area contributed by atoms with Crippen molar-refractivity contribution in [1.82, 2.24) is 10.3 Å². The minimum absolute atomic E-state index is 0.174. The van der Waals surface area contributed by atoms with Crippen LogP contribution in [0.2, 0.25) is 0 Å². The number of amides is 1. The first-order valence-corrected chi connectivity index (χ1v) is 7.06. The highest BCUT2D eigenvalue weighted by atomic mass is 16.3. The fraction of sp³-hybridized carbons (Fsp3) is 0.0556. The molecule has 2 aromatic carbocycles. The van der Waals surface area contributed by atoms with Gasteiger partial charge in [-0.1, -0.05) is 30.3 Å². The molecule has 3 N–H and O–H groups in total. The molecule has 1 aliphatic heterocycles. The summed E-state index contributed by atoms with van der Waals surface area (Å²) >= 11 is 0. The third-order valence-electron chi connectivity index (χ3n) is 4.10. The number of carbonyl (C=O) groups is 1. The smallest absolute Gasteiger partial charge is 0.269 e. The van der Waals surface area contributed by atoms with Gasteiger partial charge in [0.05, 0.1) is 6.04 Å². The van der Waals surface area contributed by atoms with Crippen LogP contribution in [-0.2, 0) is 0 Å². The maximum Gasteiger partial charge on any atom is 0.269 e. The zero-order valence-electron chi connectivity index (χ0n) is 11.8. The van der Waals surface area contributed by atoms with Crippen LogP contribution in [0.15, 0.2) is 55.1 Å². The van der Waals surface area contributed by atoms with Gasteiger partial charge in [0.25, 0.3) is 5.91 Å². The van der Waals surface area contributed by atoms with Gasteiger partial charge in [-0.05, 0) is 29.3 Å². The van der Waals surface area contributed by atoms with Gasteiger partial charge in [0.15, 0.2) is 0 Å². The Kier molecular flexibility index (Phi) is 2.60. The van der Waals surface area contributed by atoms with E-state index in [-0.39, 0.29) is 17.7 Å². The first kappa shape index (κ1) is 12.7. The van der Waals surface area contributed by atoms with Crippen LogP contribution in [-0.4, -0.2) is 16.0 Å². The third kappa shape index (κ3) is 1.67. The fourth-order valence-electron chi connectivity index (χ4n) is 3.10. The topological polar surface area (TPSA) is 65.1 Å². The summed E-state index contributed by atoms with van der Waals surface area (Å²) in [7, 11) is 0. The van der Waals surface area contributed by atoms with Gasteiger partial charge in [0, 0.05) is 16.5 Å². The van der Waals surface area contributed by atoms with Gasteiger partial charge in [0.2, 0.25) is 0 Å². The van der Waals surface area contributed by atoms with Gasteiger partial charge in [0.1, 0.15) is 11.4 Å². The van der Waals surface area contributed by atoms with E-state index >= 15 is 0 Å². The quantitative estimate of drug-likeness (QED) is 0.600. The molecule has 0 saturated heterocycles. The summed E-state index contributed by atoms with van der Waals surface area (Å²) in [5, 5.41) is 13.6. The van der Waals surface area contributed by atoms with Gasteiger partial charge in [-0.2, -0.15) is 0 Å². The molecule has 4 nitrogen and oxygen atoms in total. The van der Waals surface area contributed by atoms with Gasteiger partial charge in [-0.15, -0.1) is 6.58 Å². The van der Waals surface area contributed by atoms with Crippen molar-refractivity contribution in [2.24, 2.45) is 0 Å². The van der Waals surface area contributed by atoms with Crippen molar-refractivity contribution < 1.29 is 9.90 Å². The van der Waals surface area contributed by atoms with Crippen molar-refractivity contribution in [2.75, 3.05) is 0 Å². The maximum absolute atomic E-state index is 12.5. The second-order valence-corrected chi connectivity index (χ2v) is 5.38. The van der Waals surface area contributed by atoms with Crippen LogP contribution < -0.4 is 5.32 Å². The van der Waals surface area contributed by atoms with E-state index in [0.717, 1.165) is 27.6 Å².